The van der Waals surface area contributed by atoms with Gasteiger partial charge in [-0.1, -0.05) is 39.5 Å². The Balaban J connectivity index is 4.40. The van der Waals surface area contributed by atoms with Crippen molar-refractivity contribution in [3.8, 4) is 0 Å². The normalized spacial score (nSPS) is 12.9. The molecule has 9 N–H and O–H groups in total. The molecule has 2 unspecified atom stereocenters. The number of guanidine groups is 1. The van der Waals surface area contributed by atoms with E-state index in [1.54, 1.807) is 0 Å². The van der Waals surface area contributed by atoms with Crippen LogP contribution >= 0.6 is 0 Å². The molecule has 0 spiro atoms. The molecule has 9 heteroatoms. The number of hydrogen-bond donors (Lipinski definition) is 5. The zero-order chi connectivity index (χ0) is 21.4. The number of amides is 2. The Bertz CT molecular complexity index is 457. The lowest BCUT2D eigenvalue weighted by molar-refractivity contribution is -0.132. The molecular weight excluding hydrogens is 358 g/mol. The van der Waals surface area contributed by atoms with E-state index in [0.717, 1.165) is 38.5 Å². The first-order valence-electron chi connectivity index (χ1n) is 10.5. The molecule has 0 saturated heterocycles. The predicted molar refractivity (Wildman–Crippen MR) is 115 cm³/mol. The second kappa shape index (κ2) is 16.1. The molecule has 0 radical (unpaired) electrons. The summed E-state index contributed by atoms with van der Waals surface area (Å²) in [5.41, 5.74) is 22.4. The van der Waals surface area contributed by atoms with Crippen LogP contribution in [0.4, 0.5) is 0 Å². The van der Waals surface area contributed by atoms with E-state index in [9.17, 15) is 9.59 Å². The largest absolute Gasteiger partial charge is 0.370 e. The van der Waals surface area contributed by atoms with Crippen LogP contribution in [0.2, 0.25) is 0 Å². The molecule has 2 amide bonds. The summed E-state index contributed by atoms with van der Waals surface area (Å²) >= 11 is 0. The monoisotopic (exact) mass is 399 g/mol. The van der Waals surface area contributed by atoms with Gasteiger partial charge < -0.3 is 33.2 Å². The number of carbonyl (C=O) groups excluding carboxylic acids is 2. The van der Waals surface area contributed by atoms with E-state index >= 15 is 0 Å². The Labute approximate surface area is 169 Å². The molecule has 0 bridgehead atoms. The summed E-state index contributed by atoms with van der Waals surface area (Å²) < 4.78 is 0. The number of aliphatic imine (C=N–C) groups is 1. The van der Waals surface area contributed by atoms with Crippen LogP contribution in [-0.2, 0) is 9.59 Å². The van der Waals surface area contributed by atoms with Gasteiger partial charge in [0.15, 0.2) is 5.96 Å². The van der Waals surface area contributed by atoms with E-state index in [4.69, 9.17) is 22.9 Å². The third kappa shape index (κ3) is 12.5. The van der Waals surface area contributed by atoms with Crippen LogP contribution in [0.5, 0.6) is 0 Å². The highest BCUT2D eigenvalue weighted by Gasteiger charge is 2.22. The highest BCUT2D eigenvalue weighted by Crippen LogP contribution is 2.05. The van der Waals surface area contributed by atoms with Crippen LogP contribution in [0.15, 0.2) is 4.99 Å². The quantitative estimate of drug-likeness (QED) is 0.139. The molecular formula is C19H41N7O2. The fourth-order valence-corrected chi connectivity index (χ4v) is 2.75. The second-order valence-corrected chi connectivity index (χ2v) is 7.15. The van der Waals surface area contributed by atoms with Crippen molar-refractivity contribution in [2.24, 2.45) is 27.9 Å². The Morgan fingerprint density at radius 1 is 0.929 bits per heavy atom. The molecule has 0 aliphatic carbocycles. The van der Waals surface area contributed by atoms with Crippen molar-refractivity contribution in [1.29, 1.82) is 0 Å². The van der Waals surface area contributed by atoms with Crippen LogP contribution < -0.4 is 28.3 Å². The first-order valence-corrected chi connectivity index (χ1v) is 10.5. The van der Waals surface area contributed by atoms with Crippen molar-refractivity contribution in [3.05, 3.63) is 0 Å². The van der Waals surface area contributed by atoms with E-state index in [0.29, 0.717) is 32.5 Å². The van der Waals surface area contributed by atoms with Crippen LogP contribution in [0.25, 0.3) is 0 Å². The number of nitrogens with one attached hydrogen (secondary N) is 1. The summed E-state index contributed by atoms with van der Waals surface area (Å²) in [7, 11) is 0. The van der Waals surface area contributed by atoms with Gasteiger partial charge in [-0.25, -0.2) is 0 Å². The molecule has 28 heavy (non-hydrogen) atoms. The van der Waals surface area contributed by atoms with Gasteiger partial charge in [0.1, 0.15) is 6.04 Å². The smallest absolute Gasteiger partial charge is 0.241 e. The molecule has 0 aliphatic rings. The fourth-order valence-electron chi connectivity index (χ4n) is 2.75. The Hall–Kier alpha value is -1.87. The lowest BCUT2D eigenvalue weighted by Crippen LogP contribution is -2.52. The number of nitrogens with zero attached hydrogens (tertiary/aromatic N) is 2. The maximum absolute atomic E-state index is 12.7. The van der Waals surface area contributed by atoms with Gasteiger partial charge in [0.05, 0.1) is 6.04 Å². The predicted octanol–water partition coefficient (Wildman–Crippen LogP) is 0.0198. The van der Waals surface area contributed by atoms with Crippen LogP contribution in [0.3, 0.4) is 0 Å². The first-order chi connectivity index (χ1) is 13.3. The zero-order valence-electron chi connectivity index (χ0n) is 17.7. The number of carbonyl (C=O) groups is 2. The van der Waals surface area contributed by atoms with Gasteiger partial charge in [0.2, 0.25) is 11.8 Å². The first kappa shape index (κ1) is 26.1. The molecule has 2 atom stereocenters. The van der Waals surface area contributed by atoms with Gasteiger partial charge in [0.25, 0.3) is 0 Å². The topological polar surface area (TPSA) is 166 Å². The number of nitrogens with two attached hydrogens (primary N) is 4. The molecule has 0 aromatic carbocycles. The zero-order valence-corrected chi connectivity index (χ0v) is 17.7. The summed E-state index contributed by atoms with van der Waals surface area (Å²) in [4.78, 5) is 30.4. The van der Waals surface area contributed by atoms with E-state index in [2.05, 4.69) is 24.2 Å². The molecule has 9 nitrogen and oxygen atoms in total. The highest BCUT2D eigenvalue weighted by atomic mass is 16.2. The molecule has 164 valence electrons. The van der Waals surface area contributed by atoms with Crippen LogP contribution in [0.1, 0.15) is 65.2 Å². The molecule has 0 aromatic rings. The fraction of sp³-hybridized carbons (Fsp3) is 0.842. The van der Waals surface area contributed by atoms with Crippen molar-refractivity contribution in [2.75, 3.05) is 26.2 Å². The lowest BCUT2D eigenvalue weighted by atomic mass is 10.1. The second-order valence-electron chi connectivity index (χ2n) is 7.15. The minimum atomic E-state index is -0.763. The maximum Gasteiger partial charge on any atom is 0.241 e. The lowest BCUT2D eigenvalue weighted by Gasteiger charge is -2.26. The third-order valence-electron chi connectivity index (χ3n) is 4.49. The van der Waals surface area contributed by atoms with Crippen molar-refractivity contribution in [2.45, 2.75) is 77.3 Å². The van der Waals surface area contributed by atoms with Gasteiger partial charge in [-0.2, -0.15) is 0 Å². The van der Waals surface area contributed by atoms with Gasteiger partial charge in [-0.15, -0.1) is 0 Å². The maximum atomic E-state index is 12.7. The van der Waals surface area contributed by atoms with E-state index in [-0.39, 0.29) is 24.3 Å². The molecule has 0 rings (SSSR count). The summed E-state index contributed by atoms with van der Waals surface area (Å²) in [6, 6.07) is -1.44. The number of hydrogen-bond acceptors (Lipinski definition) is 5. The van der Waals surface area contributed by atoms with Crippen molar-refractivity contribution < 1.29 is 9.59 Å². The number of rotatable bonds is 16. The summed E-state index contributed by atoms with van der Waals surface area (Å²) in [5, 5.41) is 2.68. The van der Waals surface area contributed by atoms with E-state index in [1.165, 1.54) is 0 Å². The summed E-state index contributed by atoms with van der Waals surface area (Å²) in [6.45, 7) is 6.18. The van der Waals surface area contributed by atoms with Crippen molar-refractivity contribution >= 4 is 17.8 Å². The molecule has 0 saturated carbocycles. The molecule has 0 aliphatic heterocycles. The third-order valence-corrected chi connectivity index (χ3v) is 4.49. The standard InChI is InChI=1S/C19H41N7O2/c1-3-5-7-12-26(13-8-6-4-2)18(28)16(21)14-25-17(27)15(20)10-9-11-24-19(22)23/h15-16H,3-14,20-21H2,1-2H3,(H,25,27)(H4,22,23,24). The molecule has 0 fully saturated rings. The van der Waals surface area contributed by atoms with Gasteiger partial charge >= 0.3 is 0 Å². The number of unbranched alkanes of at least 4 members (excludes halogenated alkanes) is 4. The average molecular weight is 400 g/mol. The summed E-state index contributed by atoms with van der Waals surface area (Å²) in [5.74, 6) is -0.421. The SMILES string of the molecule is CCCCCN(CCCCC)C(=O)C(N)CNC(=O)C(N)CCCN=C(N)N. The summed E-state index contributed by atoms with van der Waals surface area (Å²) in [6.07, 6.45) is 7.34. The minimum Gasteiger partial charge on any atom is -0.370 e. The van der Waals surface area contributed by atoms with Crippen LogP contribution in [0, 0.1) is 0 Å². The van der Waals surface area contributed by atoms with Crippen molar-refractivity contribution in [3.63, 3.8) is 0 Å². The van der Waals surface area contributed by atoms with Crippen molar-refractivity contribution in [1.82, 2.24) is 10.2 Å². The Morgan fingerprint density at radius 2 is 1.50 bits per heavy atom. The Kier molecular flexibility index (Phi) is 15.0. The van der Waals surface area contributed by atoms with Crippen LogP contribution in [-0.4, -0.2) is 60.9 Å². The van der Waals surface area contributed by atoms with E-state index < -0.39 is 12.1 Å². The molecule has 0 heterocycles. The minimum absolute atomic E-state index is 0.0185. The highest BCUT2D eigenvalue weighted by molar-refractivity contribution is 5.85. The van der Waals surface area contributed by atoms with E-state index in [1.807, 2.05) is 4.90 Å². The van der Waals surface area contributed by atoms with Gasteiger partial charge in [0, 0.05) is 26.2 Å². The van der Waals surface area contributed by atoms with Gasteiger partial charge in [-0.05, 0) is 25.7 Å². The Morgan fingerprint density at radius 3 is 2.00 bits per heavy atom. The average Bonchev–Trinajstić information content (AvgIpc) is 2.67. The molecule has 0 aromatic heterocycles. The van der Waals surface area contributed by atoms with Gasteiger partial charge in [-0.3, -0.25) is 14.6 Å².